The van der Waals surface area contributed by atoms with Crippen LogP contribution in [0.2, 0.25) is 0 Å². The molecule has 1 amide bonds. The molecule has 0 aliphatic carbocycles. The number of carbonyl (C=O) groups is 1. The minimum absolute atomic E-state index is 0.200. The number of hydrogen-bond acceptors (Lipinski definition) is 3. The molecule has 0 saturated carbocycles. The normalized spacial score (nSPS) is 15.7. The minimum Gasteiger partial charge on any atom is -0.348 e. The maximum absolute atomic E-state index is 11.7. The molecular formula is C11H18N4O. The van der Waals surface area contributed by atoms with Crippen LogP contribution in [0.15, 0.2) is 6.33 Å². The van der Waals surface area contributed by atoms with E-state index in [1.54, 1.807) is 6.33 Å². The van der Waals surface area contributed by atoms with Crippen LogP contribution in [0.25, 0.3) is 0 Å². The van der Waals surface area contributed by atoms with Gasteiger partial charge in [-0.1, -0.05) is 0 Å². The van der Waals surface area contributed by atoms with Crippen LogP contribution in [0.3, 0.4) is 0 Å². The Morgan fingerprint density at radius 3 is 2.94 bits per heavy atom. The molecule has 1 fully saturated rings. The Bertz CT molecular complexity index is 355. The highest BCUT2D eigenvalue weighted by atomic mass is 16.2. The smallest absolute Gasteiger partial charge is 0.236 e. The Hall–Kier alpha value is -1.36. The SMILES string of the molecule is Cc1[nH]cnc1CNCC(=O)N1CCCC1. The number of imidazole rings is 1. The van der Waals surface area contributed by atoms with Gasteiger partial charge < -0.3 is 15.2 Å². The van der Waals surface area contributed by atoms with Crippen molar-refractivity contribution in [1.82, 2.24) is 20.2 Å². The lowest BCUT2D eigenvalue weighted by Crippen LogP contribution is -2.36. The molecule has 0 radical (unpaired) electrons. The number of aromatic amines is 1. The molecule has 0 atom stereocenters. The zero-order chi connectivity index (χ0) is 11.4. The van der Waals surface area contributed by atoms with Crippen LogP contribution >= 0.6 is 0 Å². The lowest BCUT2D eigenvalue weighted by Gasteiger charge is -2.15. The first-order valence-corrected chi connectivity index (χ1v) is 5.74. The van der Waals surface area contributed by atoms with E-state index in [4.69, 9.17) is 0 Å². The van der Waals surface area contributed by atoms with E-state index in [1.807, 2.05) is 11.8 Å². The van der Waals surface area contributed by atoms with E-state index in [1.165, 1.54) is 0 Å². The average Bonchev–Trinajstić information content (AvgIpc) is 2.90. The quantitative estimate of drug-likeness (QED) is 0.776. The van der Waals surface area contributed by atoms with E-state index in [9.17, 15) is 4.79 Å². The molecule has 5 heteroatoms. The van der Waals surface area contributed by atoms with Gasteiger partial charge in [0.05, 0.1) is 18.6 Å². The van der Waals surface area contributed by atoms with Gasteiger partial charge >= 0.3 is 0 Å². The van der Waals surface area contributed by atoms with Gasteiger partial charge in [0.15, 0.2) is 0 Å². The number of carbonyl (C=O) groups excluding carboxylic acids is 1. The number of hydrogen-bond donors (Lipinski definition) is 2. The molecule has 1 aromatic rings. The van der Waals surface area contributed by atoms with Crippen LogP contribution in [-0.2, 0) is 11.3 Å². The lowest BCUT2D eigenvalue weighted by atomic mass is 10.3. The second-order valence-electron chi connectivity index (χ2n) is 4.17. The van der Waals surface area contributed by atoms with Crippen molar-refractivity contribution in [3.05, 3.63) is 17.7 Å². The number of aromatic nitrogens is 2. The second-order valence-corrected chi connectivity index (χ2v) is 4.17. The summed E-state index contributed by atoms with van der Waals surface area (Å²) < 4.78 is 0. The van der Waals surface area contributed by atoms with Crippen LogP contribution in [0.5, 0.6) is 0 Å². The number of rotatable bonds is 4. The summed E-state index contributed by atoms with van der Waals surface area (Å²) in [5.74, 6) is 0.200. The fourth-order valence-corrected chi connectivity index (χ4v) is 1.93. The number of H-pyrrole nitrogens is 1. The highest BCUT2D eigenvalue weighted by molar-refractivity contribution is 5.78. The van der Waals surface area contributed by atoms with Gasteiger partial charge in [0.1, 0.15) is 0 Å². The second kappa shape index (κ2) is 5.12. The van der Waals surface area contributed by atoms with Crippen molar-refractivity contribution < 1.29 is 4.79 Å². The largest absolute Gasteiger partial charge is 0.348 e. The van der Waals surface area contributed by atoms with E-state index in [-0.39, 0.29) is 5.91 Å². The number of nitrogens with zero attached hydrogens (tertiary/aromatic N) is 2. The highest BCUT2D eigenvalue weighted by Crippen LogP contribution is 2.06. The average molecular weight is 222 g/mol. The summed E-state index contributed by atoms with van der Waals surface area (Å²) in [6.45, 7) is 4.87. The standard InChI is InChI=1S/C11H18N4O/c1-9-10(14-8-13-9)6-12-7-11(16)15-4-2-3-5-15/h8,12H,2-7H2,1H3,(H,13,14). The fourth-order valence-electron chi connectivity index (χ4n) is 1.93. The van der Waals surface area contributed by atoms with Gasteiger partial charge in [0.2, 0.25) is 5.91 Å². The molecule has 0 bridgehead atoms. The fraction of sp³-hybridized carbons (Fsp3) is 0.636. The van der Waals surface area contributed by atoms with E-state index in [0.717, 1.165) is 37.3 Å². The summed E-state index contributed by atoms with van der Waals surface area (Å²) in [5, 5.41) is 3.13. The minimum atomic E-state index is 0.200. The molecule has 0 unspecified atom stereocenters. The zero-order valence-corrected chi connectivity index (χ0v) is 9.62. The molecule has 0 spiro atoms. The van der Waals surface area contributed by atoms with Gasteiger partial charge in [0.25, 0.3) is 0 Å². The van der Waals surface area contributed by atoms with Crippen LogP contribution < -0.4 is 5.32 Å². The number of likely N-dealkylation sites (tertiary alicyclic amines) is 1. The monoisotopic (exact) mass is 222 g/mol. The first-order chi connectivity index (χ1) is 7.77. The Morgan fingerprint density at radius 2 is 2.31 bits per heavy atom. The zero-order valence-electron chi connectivity index (χ0n) is 9.62. The maximum atomic E-state index is 11.7. The molecule has 88 valence electrons. The van der Waals surface area contributed by atoms with E-state index in [2.05, 4.69) is 15.3 Å². The van der Waals surface area contributed by atoms with E-state index >= 15 is 0 Å². The predicted octanol–water partition coefficient (Wildman–Crippen LogP) is 0.430. The van der Waals surface area contributed by atoms with Gasteiger partial charge in [-0.25, -0.2) is 4.98 Å². The summed E-state index contributed by atoms with van der Waals surface area (Å²) in [5.41, 5.74) is 2.04. The Labute approximate surface area is 95.2 Å². The van der Waals surface area contributed by atoms with Crippen molar-refractivity contribution in [1.29, 1.82) is 0 Å². The van der Waals surface area contributed by atoms with Gasteiger partial charge in [-0.3, -0.25) is 4.79 Å². The van der Waals surface area contributed by atoms with Crippen molar-refractivity contribution in [2.45, 2.75) is 26.3 Å². The molecule has 0 aromatic carbocycles. The molecule has 1 aliphatic heterocycles. The molecule has 2 rings (SSSR count). The first kappa shape index (κ1) is 11.1. The van der Waals surface area contributed by atoms with Crippen molar-refractivity contribution in [2.24, 2.45) is 0 Å². The van der Waals surface area contributed by atoms with Crippen molar-refractivity contribution in [2.75, 3.05) is 19.6 Å². The maximum Gasteiger partial charge on any atom is 0.236 e. The summed E-state index contributed by atoms with van der Waals surface area (Å²) in [4.78, 5) is 20.8. The lowest BCUT2D eigenvalue weighted by molar-refractivity contribution is -0.129. The summed E-state index contributed by atoms with van der Waals surface area (Å²) in [6, 6.07) is 0. The summed E-state index contributed by atoms with van der Waals surface area (Å²) in [7, 11) is 0. The molecular weight excluding hydrogens is 204 g/mol. The number of nitrogens with one attached hydrogen (secondary N) is 2. The molecule has 2 heterocycles. The molecule has 2 N–H and O–H groups in total. The van der Waals surface area contributed by atoms with Crippen LogP contribution in [-0.4, -0.2) is 40.4 Å². The van der Waals surface area contributed by atoms with Crippen molar-refractivity contribution in [3.63, 3.8) is 0 Å². The number of amides is 1. The van der Waals surface area contributed by atoms with Crippen molar-refractivity contribution >= 4 is 5.91 Å². The molecule has 1 aromatic heterocycles. The third-order valence-electron chi connectivity index (χ3n) is 2.96. The van der Waals surface area contributed by atoms with Gasteiger partial charge in [-0.05, 0) is 19.8 Å². The Morgan fingerprint density at radius 1 is 1.56 bits per heavy atom. The predicted molar refractivity (Wildman–Crippen MR) is 60.8 cm³/mol. The van der Waals surface area contributed by atoms with Crippen LogP contribution in [0, 0.1) is 6.92 Å². The third kappa shape index (κ3) is 2.61. The first-order valence-electron chi connectivity index (χ1n) is 5.74. The summed E-state index contributed by atoms with van der Waals surface area (Å²) >= 11 is 0. The highest BCUT2D eigenvalue weighted by Gasteiger charge is 2.17. The van der Waals surface area contributed by atoms with E-state index < -0.39 is 0 Å². The molecule has 1 aliphatic rings. The van der Waals surface area contributed by atoms with Gasteiger partial charge in [-0.15, -0.1) is 0 Å². The van der Waals surface area contributed by atoms with Gasteiger partial charge in [0, 0.05) is 25.3 Å². The Kier molecular flexibility index (Phi) is 3.56. The number of aryl methyl sites for hydroxylation is 1. The van der Waals surface area contributed by atoms with Crippen LogP contribution in [0.4, 0.5) is 0 Å². The topological polar surface area (TPSA) is 61.0 Å². The van der Waals surface area contributed by atoms with E-state index in [0.29, 0.717) is 13.1 Å². The molecule has 5 nitrogen and oxygen atoms in total. The molecule has 1 saturated heterocycles. The third-order valence-corrected chi connectivity index (χ3v) is 2.96. The Balaban J connectivity index is 1.71. The summed E-state index contributed by atoms with van der Waals surface area (Å²) in [6.07, 6.45) is 3.96. The molecule has 16 heavy (non-hydrogen) atoms. The van der Waals surface area contributed by atoms with Gasteiger partial charge in [-0.2, -0.15) is 0 Å². The van der Waals surface area contributed by atoms with Crippen molar-refractivity contribution in [3.8, 4) is 0 Å². The van der Waals surface area contributed by atoms with Crippen LogP contribution in [0.1, 0.15) is 24.2 Å².